The van der Waals surface area contributed by atoms with Crippen LogP contribution in [0.15, 0.2) is 18.5 Å². The summed E-state index contributed by atoms with van der Waals surface area (Å²) in [5, 5.41) is 13.3. The van der Waals surface area contributed by atoms with Gasteiger partial charge in [-0.3, -0.25) is 4.57 Å². The van der Waals surface area contributed by atoms with Crippen LogP contribution in [0.5, 0.6) is 17.2 Å². The van der Waals surface area contributed by atoms with Crippen molar-refractivity contribution in [3.8, 4) is 17.2 Å². The number of hydrogen-bond donors (Lipinski definition) is 2. The van der Waals surface area contributed by atoms with Crippen LogP contribution in [0.1, 0.15) is 25.5 Å². The Morgan fingerprint density at radius 1 is 1.21 bits per heavy atom. The van der Waals surface area contributed by atoms with Crippen molar-refractivity contribution in [2.24, 2.45) is 0 Å². The lowest BCUT2D eigenvalue weighted by molar-refractivity contribution is -0.0298. The number of aromatic nitrogens is 4. The van der Waals surface area contributed by atoms with E-state index >= 15 is 0 Å². The number of fused-ring (bicyclic) bond motifs is 1. The van der Waals surface area contributed by atoms with Gasteiger partial charge in [-0.1, -0.05) is 0 Å². The number of aromatic hydroxyl groups is 1. The number of ether oxygens (including phenoxy) is 3. The van der Waals surface area contributed by atoms with Crippen molar-refractivity contribution in [1.82, 2.24) is 19.5 Å². The van der Waals surface area contributed by atoms with Crippen LogP contribution in [0.3, 0.4) is 0 Å². The summed E-state index contributed by atoms with van der Waals surface area (Å²) in [5.74, 6) is 0.873. The van der Waals surface area contributed by atoms with Crippen molar-refractivity contribution >= 4 is 34.3 Å². The third kappa shape index (κ3) is 3.38. The fraction of sp³-hybridized carbons (Fsp3) is 0.389. The summed E-state index contributed by atoms with van der Waals surface area (Å²) in [5.41, 5.74) is 1.74. The Kier molecular flexibility index (Phi) is 5.10. The highest BCUT2D eigenvalue weighted by atomic mass is 35.5. The number of rotatable bonds is 5. The second kappa shape index (κ2) is 7.69. The van der Waals surface area contributed by atoms with Gasteiger partial charge in [-0.25, -0.2) is 4.98 Å². The quantitative estimate of drug-likeness (QED) is 0.489. The topological polar surface area (TPSA) is 104 Å². The maximum absolute atomic E-state index is 10.1. The summed E-state index contributed by atoms with van der Waals surface area (Å²) >= 11 is 6.17. The fourth-order valence-corrected chi connectivity index (χ4v) is 3.40. The summed E-state index contributed by atoms with van der Waals surface area (Å²) < 4.78 is 18.1. The largest absolute Gasteiger partial charge is 0.502 e. The number of halogens is 1. The second-order valence-electron chi connectivity index (χ2n) is 6.34. The van der Waals surface area contributed by atoms with Crippen molar-refractivity contribution in [3.05, 3.63) is 23.7 Å². The molecule has 3 aromatic rings. The smallest absolute Gasteiger partial charge is 0.226 e. The molecule has 0 spiro atoms. The molecule has 2 N–H and O–H groups in total. The summed E-state index contributed by atoms with van der Waals surface area (Å²) in [6, 6.07) is 3.25. The molecule has 1 unspecified atom stereocenters. The van der Waals surface area contributed by atoms with Gasteiger partial charge in [-0.05, 0) is 30.9 Å². The Balaban J connectivity index is 1.74. The van der Waals surface area contributed by atoms with E-state index in [2.05, 4.69) is 20.3 Å². The lowest BCUT2D eigenvalue weighted by Crippen LogP contribution is -2.17. The normalized spacial score (nSPS) is 16.9. The number of phenols is 1. The van der Waals surface area contributed by atoms with Crippen LogP contribution in [0.25, 0.3) is 11.2 Å². The number of methoxy groups -OCH3 is 2. The molecule has 1 saturated heterocycles. The molecular weight excluding hydrogens is 386 g/mol. The molecule has 1 atom stereocenters. The van der Waals surface area contributed by atoms with Gasteiger partial charge in [0.05, 0.1) is 20.5 Å². The predicted octanol–water partition coefficient (Wildman–Crippen LogP) is 3.65. The summed E-state index contributed by atoms with van der Waals surface area (Å²) in [6.45, 7) is 0.710. The zero-order valence-corrected chi connectivity index (χ0v) is 16.2. The number of nitrogens with zero attached hydrogens (tertiary/aromatic N) is 4. The van der Waals surface area contributed by atoms with E-state index < -0.39 is 0 Å². The highest BCUT2D eigenvalue weighted by Crippen LogP contribution is 2.40. The van der Waals surface area contributed by atoms with Crippen LogP contribution in [-0.2, 0) is 4.74 Å². The molecule has 1 aromatic carbocycles. The Hall–Kier alpha value is -2.78. The molecule has 0 aliphatic carbocycles. The van der Waals surface area contributed by atoms with E-state index in [0.29, 0.717) is 29.3 Å². The second-order valence-corrected chi connectivity index (χ2v) is 6.68. The van der Waals surface area contributed by atoms with Crippen molar-refractivity contribution in [1.29, 1.82) is 0 Å². The highest BCUT2D eigenvalue weighted by Gasteiger charge is 2.21. The van der Waals surface area contributed by atoms with Crippen molar-refractivity contribution < 1.29 is 19.3 Å². The average Bonchev–Trinajstić information content (AvgIpc) is 3.13. The molecule has 1 aliphatic rings. The van der Waals surface area contributed by atoms with Crippen LogP contribution in [0.4, 0.5) is 11.5 Å². The Labute approximate surface area is 166 Å². The highest BCUT2D eigenvalue weighted by molar-refractivity contribution is 6.28. The van der Waals surface area contributed by atoms with E-state index in [0.717, 1.165) is 19.3 Å². The molecular formula is C18H20ClN5O4. The number of benzene rings is 1. The first-order chi connectivity index (χ1) is 13.6. The summed E-state index contributed by atoms with van der Waals surface area (Å²) in [6.07, 6.45) is 4.60. The maximum Gasteiger partial charge on any atom is 0.226 e. The van der Waals surface area contributed by atoms with Crippen molar-refractivity contribution in [2.75, 3.05) is 26.1 Å². The summed E-state index contributed by atoms with van der Waals surface area (Å²) in [7, 11) is 2.92. The van der Waals surface area contributed by atoms with Crippen LogP contribution >= 0.6 is 11.6 Å². The number of imidazole rings is 1. The van der Waals surface area contributed by atoms with Crippen LogP contribution < -0.4 is 14.8 Å². The molecule has 0 saturated carbocycles. The predicted molar refractivity (Wildman–Crippen MR) is 104 cm³/mol. The van der Waals surface area contributed by atoms with E-state index in [4.69, 9.17) is 25.8 Å². The fourth-order valence-electron chi connectivity index (χ4n) is 3.23. The molecule has 9 nitrogen and oxygen atoms in total. The van der Waals surface area contributed by atoms with E-state index in [1.807, 2.05) is 4.57 Å². The number of nitrogens with one attached hydrogen (secondary N) is 1. The van der Waals surface area contributed by atoms with Crippen LogP contribution in [0, 0.1) is 0 Å². The molecule has 2 aromatic heterocycles. The first kappa shape index (κ1) is 18.6. The van der Waals surface area contributed by atoms with Gasteiger partial charge in [0, 0.05) is 24.4 Å². The van der Waals surface area contributed by atoms with Crippen LogP contribution in [-0.4, -0.2) is 45.5 Å². The van der Waals surface area contributed by atoms with Gasteiger partial charge in [-0.2, -0.15) is 9.97 Å². The zero-order chi connectivity index (χ0) is 19.7. The molecule has 10 heteroatoms. The minimum Gasteiger partial charge on any atom is -0.502 e. The number of hydrogen-bond acceptors (Lipinski definition) is 8. The molecule has 0 amide bonds. The first-order valence-electron chi connectivity index (χ1n) is 8.84. The first-order valence-corrected chi connectivity index (χ1v) is 9.22. The molecule has 4 rings (SSSR count). The molecule has 148 valence electrons. The molecule has 1 aliphatic heterocycles. The molecule has 28 heavy (non-hydrogen) atoms. The van der Waals surface area contributed by atoms with Crippen LogP contribution in [0.2, 0.25) is 5.28 Å². The third-order valence-corrected chi connectivity index (χ3v) is 4.77. The average molecular weight is 406 g/mol. The van der Waals surface area contributed by atoms with E-state index in [1.165, 1.54) is 14.2 Å². The van der Waals surface area contributed by atoms with Gasteiger partial charge < -0.3 is 24.6 Å². The van der Waals surface area contributed by atoms with Gasteiger partial charge in [0.25, 0.3) is 0 Å². The molecule has 0 radical (unpaired) electrons. The van der Waals surface area contributed by atoms with E-state index in [1.54, 1.807) is 18.5 Å². The Morgan fingerprint density at radius 3 is 2.61 bits per heavy atom. The maximum atomic E-state index is 10.1. The number of phenolic OH excluding ortho intramolecular Hbond substituents is 1. The Morgan fingerprint density at radius 2 is 1.96 bits per heavy atom. The van der Waals surface area contributed by atoms with Gasteiger partial charge in [0.15, 0.2) is 28.5 Å². The van der Waals surface area contributed by atoms with Gasteiger partial charge in [0.1, 0.15) is 6.23 Å². The SMILES string of the molecule is COc1cc(Nc2nc(Cl)nc3c2ncn3C2CCCCO2)cc(OC)c1O. The minimum atomic E-state index is -0.119. The zero-order valence-electron chi connectivity index (χ0n) is 15.5. The van der Waals surface area contributed by atoms with E-state index in [9.17, 15) is 5.11 Å². The molecule has 1 fully saturated rings. The minimum absolute atomic E-state index is 0.0832. The van der Waals surface area contributed by atoms with Gasteiger partial charge in [-0.15, -0.1) is 0 Å². The summed E-state index contributed by atoms with van der Waals surface area (Å²) in [4.78, 5) is 13.1. The Bertz CT molecular complexity index is 978. The van der Waals surface area contributed by atoms with Gasteiger partial charge in [0.2, 0.25) is 11.0 Å². The lowest BCUT2D eigenvalue weighted by Gasteiger charge is -2.23. The van der Waals surface area contributed by atoms with E-state index in [-0.39, 0.29) is 28.8 Å². The number of anilines is 2. The van der Waals surface area contributed by atoms with Crippen molar-refractivity contribution in [3.63, 3.8) is 0 Å². The lowest BCUT2D eigenvalue weighted by atomic mass is 10.2. The monoisotopic (exact) mass is 405 g/mol. The van der Waals surface area contributed by atoms with Gasteiger partial charge >= 0.3 is 0 Å². The molecule has 0 bridgehead atoms. The standard InChI is InChI=1S/C18H20ClN5O4/c1-26-11-7-10(8-12(27-2)15(11)25)21-16-14-17(23-18(19)22-16)24(9-20-14)13-5-3-4-6-28-13/h7-9,13,25H,3-6H2,1-2H3,(H,21,22,23). The molecule has 3 heterocycles. The third-order valence-electron chi connectivity index (χ3n) is 4.60. The van der Waals surface area contributed by atoms with Crippen molar-refractivity contribution in [2.45, 2.75) is 25.5 Å².